The maximum atomic E-state index is 13.8. The molecule has 4 rings (SSSR count). The number of phenols is 1. The number of methoxy groups -OCH3 is 3. The number of para-hydroxylation sites is 1. The van der Waals surface area contributed by atoms with Gasteiger partial charge in [0.2, 0.25) is 0 Å². The number of halogens is 1. The fourth-order valence-corrected chi connectivity index (χ4v) is 5.54. The highest BCUT2D eigenvalue weighted by Gasteiger charge is 2.42. The van der Waals surface area contributed by atoms with E-state index in [1.807, 2.05) is 24.3 Å². The van der Waals surface area contributed by atoms with E-state index in [-0.39, 0.29) is 42.8 Å². The van der Waals surface area contributed by atoms with Gasteiger partial charge in [-0.05, 0) is 58.6 Å². The first-order chi connectivity index (χ1) is 17.8. The van der Waals surface area contributed by atoms with Crippen molar-refractivity contribution in [3.05, 3.63) is 74.5 Å². The van der Waals surface area contributed by atoms with Crippen LogP contribution in [0.15, 0.2) is 63.4 Å². The summed E-state index contributed by atoms with van der Waals surface area (Å²) in [5.74, 6) is -0.508. The van der Waals surface area contributed by atoms with Crippen molar-refractivity contribution in [1.82, 2.24) is 5.32 Å². The fourth-order valence-electron chi connectivity index (χ4n) is 5.08. The molecule has 0 saturated heterocycles. The molecule has 2 atom stereocenters. The molecule has 9 heteroatoms. The molecule has 1 aliphatic carbocycles. The molecule has 1 heterocycles. The third kappa shape index (κ3) is 5.24. The first-order valence-electron chi connectivity index (χ1n) is 11.9. The number of ketones is 1. The van der Waals surface area contributed by atoms with Crippen LogP contribution in [0.3, 0.4) is 0 Å². The molecule has 8 nitrogen and oxygen atoms in total. The molecule has 37 heavy (non-hydrogen) atoms. The van der Waals surface area contributed by atoms with Gasteiger partial charge in [0, 0.05) is 42.3 Å². The number of esters is 1. The largest absolute Gasteiger partial charge is 0.503 e. The molecule has 0 aromatic heterocycles. The molecule has 0 spiro atoms. The van der Waals surface area contributed by atoms with Crippen LogP contribution in [0.1, 0.15) is 42.7 Å². The molecule has 2 aliphatic rings. The van der Waals surface area contributed by atoms with Gasteiger partial charge in [-0.2, -0.15) is 0 Å². The minimum atomic E-state index is -0.705. The van der Waals surface area contributed by atoms with Crippen LogP contribution >= 0.6 is 15.9 Å². The number of dihydropyridines is 1. The lowest BCUT2D eigenvalue weighted by Crippen LogP contribution is -2.36. The summed E-state index contributed by atoms with van der Waals surface area (Å²) in [4.78, 5) is 27.1. The predicted octanol–water partition coefficient (Wildman–Crippen LogP) is 4.72. The fraction of sp³-hybridized carbons (Fsp3) is 0.357. The van der Waals surface area contributed by atoms with E-state index in [1.54, 1.807) is 26.2 Å². The third-order valence-electron chi connectivity index (χ3n) is 6.75. The van der Waals surface area contributed by atoms with E-state index in [0.29, 0.717) is 33.3 Å². The number of allylic oxidation sites excluding steroid dienone is 3. The topological polar surface area (TPSA) is 103 Å². The Labute approximate surface area is 224 Å². The third-order valence-corrected chi connectivity index (χ3v) is 7.36. The molecule has 2 aromatic carbocycles. The Morgan fingerprint density at radius 1 is 1.08 bits per heavy atom. The van der Waals surface area contributed by atoms with Crippen LogP contribution in [0.4, 0.5) is 0 Å². The Bertz CT molecular complexity index is 1280. The Balaban J connectivity index is 1.82. The van der Waals surface area contributed by atoms with Crippen LogP contribution in [0.25, 0.3) is 0 Å². The standard InChI is InChI=1S/C28H30BrNO7/c1-15-24(28(33)37-10-9-34-2)25(17-11-19(29)27(32)23(14-17)36-4)26-20(30-15)12-16(13-21(26)31)18-7-5-6-8-22(18)35-3/h5-8,11,14,16,25,30,32H,9-10,12-13H2,1-4H3/t16-,25-/m1/s1. The SMILES string of the molecule is COCCOC(=O)C1=C(C)NC2=C(C(=O)C[C@H](c3ccccc3OC)C2)[C@@H]1c1cc(Br)c(O)c(OC)c1. The molecule has 2 N–H and O–H groups in total. The number of carbonyl (C=O) groups is 2. The number of phenolic OH excluding ortho intramolecular Hbond substituents is 1. The summed E-state index contributed by atoms with van der Waals surface area (Å²) in [6.07, 6.45) is 0.830. The second-order valence-electron chi connectivity index (χ2n) is 8.94. The summed E-state index contributed by atoms with van der Waals surface area (Å²) in [5, 5.41) is 13.7. The smallest absolute Gasteiger partial charge is 0.336 e. The number of nitrogens with one attached hydrogen (secondary N) is 1. The number of Topliss-reactive ketones (excluding diaryl/α,β-unsaturated/α-hetero) is 1. The van der Waals surface area contributed by atoms with Crippen molar-refractivity contribution in [2.45, 2.75) is 31.6 Å². The molecular formula is C28H30BrNO7. The number of aromatic hydroxyl groups is 1. The van der Waals surface area contributed by atoms with Gasteiger partial charge in [-0.1, -0.05) is 18.2 Å². The summed E-state index contributed by atoms with van der Waals surface area (Å²) in [6, 6.07) is 11.1. The molecule has 0 saturated carbocycles. The van der Waals surface area contributed by atoms with Crippen molar-refractivity contribution in [3.8, 4) is 17.2 Å². The van der Waals surface area contributed by atoms with Crippen molar-refractivity contribution < 1.29 is 33.6 Å². The lowest BCUT2D eigenvalue weighted by molar-refractivity contribution is -0.140. The average Bonchev–Trinajstić information content (AvgIpc) is 2.89. The van der Waals surface area contributed by atoms with E-state index < -0.39 is 11.9 Å². The molecule has 0 unspecified atom stereocenters. The molecule has 0 fully saturated rings. The van der Waals surface area contributed by atoms with Crippen LogP contribution in [0, 0.1) is 0 Å². The van der Waals surface area contributed by atoms with E-state index in [9.17, 15) is 14.7 Å². The van der Waals surface area contributed by atoms with Gasteiger partial charge < -0.3 is 29.4 Å². The highest BCUT2D eigenvalue weighted by atomic mass is 79.9. The van der Waals surface area contributed by atoms with Gasteiger partial charge in [-0.15, -0.1) is 0 Å². The molecule has 0 radical (unpaired) electrons. The maximum absolute atomic E-state index is 13.8. The van der Waals surface area contributed by atoms with Crippen molar-refractivity contribution in [1.29, 1.82) is 0 Å². The summed E-state index contributed by atoms with van der Waals surface area (Å²) in [6.45, 7) is 2.13. The zero-order chi connectivity index (χ0) is 26.7. The molecular weight excluding hydrogens is 542 g/mol. The highest BCUT2D eigenvalue weighted by molar-refractivity contribution is 9.10. The van der Waals surface area contributed by atoms with E-state index >= 15 is 0 Å². The van der Waals surface area contributed by atoms with Crippen LogP contribution < -0.4 is 14.8 Å². The Hall–Kier alpha value is -3.30. The van der Waals surface area contributed by atoms with Gasteiger partial charge >= 0.3 is 5.97 Å². The number of benzene rings is 2. The molecule has 0 bridgehead atoms. The van der Waals surface area contributed by atoms with Gasteiger partial charge in [0.1, 0.15) is 12.4 Å². The Morgan fingerprint density at radius 2 is 1.81 bits per heavy atom. The highest BCUT2D eigenvalue weighted by Crippen LogP contribution is 2.49. The van der Waals surface area contributed by atoms with Crippen molar-refractivity contribution in [3.63, 3.8) is 0 Å². The van der Waals surface area contributed by atoms with E-state index in [4.69, 9.17) is 18.9 Å². The minimum absolute atomic E-state index is 0.0643. The zero-order valence-corrected chi connectivity index (χ0v) is 22.8. The summed E-state index contributed by atoms with van der Waals surface area (Å²) in [7, 11) is 4.59. The van der Waals surface area contributed by atoms with Crippen molar-refractivity contribution in [2.24, 2.45) is 0 Å². The number of hydrogen-bond acceptors (Lipinski definition) is 8. The Morgan fingerprint density at radius 3 is 2.51 bits per heavy atom. The average molecular weight is 572 g/mol. The molecule has 2 aromatic rings. The van der Waals surface area contributed by atoms with E-state index in [2.05, 4.69) is 21.2 Å². The van der Waals surface area contributed by atoms with Crippen LogP contribution in [0.2, 0.25) is 0 Å². The first kappa shape index (κ1) is 26.8. The summed E-state index contributed by atoms with van der Waals surface area (Å²) in [5.41, 5.74) is 3.78. The van der Waals surface area contributed by atoms with Crippen LogP contribution in [0.5, 0.6) is 17.2 Å². The van der Waals surface area contributed by atoms with Gasteiger partial charge in [-0.3, -0.25) is 4.79 Å². The quantitative estimate of drug-likeness (QED) is 0.346. The van der Waals surface area contributed by atoms with Crippen molar-refractivity contribution in [2.75, 3.05) is 34.5 Å². The normalized spacial score (nSPS) is 19.3. The number of ether oxygens (including phenoxy) is 4. The molecule has 196 valence electrons. The first-order valence-corrected chi connectivity index (χ1v) is 12.7. The summed E-state index contributed by atoms with van der Waals surface area (Å²) < 4.78 is 21.8. The minimum Gasteiger partial charge on any atom is -0.503 e. The van der Waals surface area contributed by atoms with Gasteiger partial charge in [-0.25, -0.2) is 4.79 Å². The number of hydrogen-bond donors (Lipinski definition) is 2. The second kappa shape index (κ2) is 11.4. The predicted molar refractivity (Wildman–Crippen MR) is 141 cm³/mol. The number of carbonyl (C=O) groups excluding carboxylic acids is 2. The monoisotopic (exact) mass is 571 g/mol. The maximum Gasteiger partial charge on any atom is 0.336 e. The van der Waals surface area contributed by atoms with Gasteiger partial charge in [0.25, 0.3) is 0 Å². The molecule has 1 aliphatic heterocycles. The molecule has 0 amide bonds. The lowest BCUT2D eigenvalue weighted by atomic mass is 9.71. The number of rotatable bonds is 8. The van der Waals surface area contributed by atoms with Gasteiger partial charge in [0.05, 0.1) is 30.9 Å². The lowest BCUT2D eigenvalue weighted by Gasteiger charge is -2.37. The summed E-state index contributed by atoms with van der Waals surface area (Å²) >= 11 is 3.38. The van der Waals surface area contributed by atoms with Crippen molar-refractivity contribution >= 4 is 27.7 Å². The van der Waals surface area contributed by atoms with Gasteiger partial charge in [0.15, 0.2) is 17.3 Å². The zero-order valence-electron chi connectivity index (χ0n) is 21.2. The van der Waals surface area contributed by atoms with E-state index in [1.165, 1.54) is 14.2 Å². The van der Waals surface area contributed by atoms with E-state index in [0.717, 1.165) is 17.0 Å². The van der Waals surface area contributed by atoms with Crippen LogP contribution in [-0.4, -0.2) is 51.4 Å². The second-order valence-corrected chi connectivity index (χ2v) is 9.80. The Kier molecular flexibility index (Phi) is 8.24. The van der Waals surface area contributed by atoms with Crippen LogP contribution in [-0.2, 0) is 19.1 Å².